The summed E-state index contributed by atoms with van der Waals surface area (Å²) < 4.78 is 0.540. The fourth-order valence-corrected chi connectivity index (χ4v) is 2.14. The molecule has 21 heavy (non-hydrogen) atoms. The van der Waals surface area contributed by atoms with Crippen LogP contribution in [0.2, 0.25) is 5.02 Å². The van der Waals surface area contributed by atoms with Crippen LogP contribution in [0.1, 0.15) is 29.8 Å². The van der Waals surface area contributed by atoms with Gasteiger partial charge in [-0.25, -0.2) is 4.98 Å². The van der Waals surface area contributed by atoms with E-state index < -0.39 is 0 Å². The van der Waals surface area contributed by atoms with Gasteiger partial charge in [-0.1, -0.05) is 24.3 Å². The average Bonchev–Trinajstić information content (AvgIpc) is 2.46. The minimum Gasteiger partial charge on any atom is -0.292 e. The second-order valence-electron chi connectivity index (χ2n) is 4.11. The number of nitrogens with zero attached hydrogens (tertiary/aromatic N) is 2. The Morgan fingerprint density at radius 1 is 1.38 bits per heavy atom. The lowest BCUT2D eigenvalue weighted by Gasteiger charge is -2.03. The quantitative estimate of drug-likeness (QED) is 0.227. The molecule has 0 aliphatic rings. The molecule has 0 saturated heterocycles. The summed E-state index contributed by atoms with van der Waals surface area (Å²) in [6.45, 7) is 6.83. The zero-order valence-electron chi connectivity index (χ0n) is 11.3. The summed E-state index contributed by atoms with van der Waals surface area (Å²) in [5, 5.41) is 0.300. The van der Waals surface area contributed by atoms with Crippen LogP contribution < -0.4 is 0 Å². The fraction of sp³-hybridized carbons (Fsp3) is 0.200. The highest BCUT2D eigenvalue weighted by atomic mass is 79.9. The van der Waals surface area contributed by atoms with E-state index in [0.29, 0.717) is 16.0 Å². The molecule has 0 radical (unpaired) electrons. The van der Waals surface area contributed by atoms with E-state index in [0.717, 1.165) is 0 Å². The molecule has 0 bridgehead atoms. The molecule has 110 valence electrons. The minimum absolute atomic E-state index is 0.175. The van der Waals surface area contributed by atoms with Gasteiger partial charge < -0.3 is 0 Å². The SMILES string of the molecule is C=C/C=C(\N=C)C(=O)CCCC(=O)c1nc(Br)ccc1Cl. The molecule has 6 heteroatoms. The van der Waals surface area contributed by atoms with Crippen molar-refractivity contribution < 1.29 is 9.59 Å². The number of carbonyl (C=O) groups excluding carboxylic acids is 2. The molecule has 0 fully saturated rings. The van der Waals surface area contributed by atoms with Crippen molar-refractivity contribution in [1.82, 2.24) is 4.98 Å². The van der Waals surface area contributed by atoms with Crippen LogP contribution in [0.4, 0.5) is 0 Å². The van der Waals surface area contributed by atoms with Gasteiger partial charge in [-0.15, -0.1) is 0 Å². The van der Waals surface area contributed by atoms with Crippen LogP contribution in [0.5, 0.6) is 0 Å². The van der Waals surface area contributed by atoms with E-state index in [2.05, 4.69) is 39.2 Å². The summed E-state index contributed by atoms with van der Waals surface area (Å²) in [4.78, 5) is 31.5. The smallest absolute Gasteiger partial charge is 0.182 e. The highest BCUT2D eigenvalue weighted by molar-refractivity contribution is 9.10. The zero-order chi connectivity index (χ0) is 15.8. The van der Waals surface area contributed by atoms with Gasteiger partial charge in [0, 0.05) is 12.8 Å². The first kappa shape index (κ1) is 17.5. The lowest BCUT2D eigenvalue weighted by atomic mass is 10.1. The molecule has 0 aliphatic carbocycles. The molecule has 0 amide bonds. The fourth-order valence-electron chi connectivity index (χ4n) is 1.62. The molecule has 4 nitrogen and oxygen atoms in total. The first-order valence-electron chi connectivity index (χ1n) is 6.17. The Morgan fingerprint density at radius 3 is 2.71 bits per heavy atom. The van der Waals surface area contributed by atoms with Gasteiger partial charge in [-0.2, -0.15) is 0 Å². The molecule has 0 unspecified atom stereocenters. The second-order valence-corrected chi connectivity index (χ2v) is 5.33. The number of pyridine rings is 1. The summed E-state index contributed by atoms with van der Waals surface area (Å²) in [6, 6.07) is 3.26. The van der Waals surface area contributed by atoms with Gasteiger partial charge in [0.05, 0.1) is 5.02 Å². The van der Waals surface area contributed by atoms with Crippen LogP contribution in [0.25, 0.3) is 0 Å². The second kappa shape index (κ2) is 8.64. The summed E-state index contributed by atoms with van der Waals surface area (Å²) in [5.41, 5.74) is 0.457. The van der Waals surface area contributed by atoms with E-state index in [-0.39, 0.29) is 35.8 Å². The van der Waals surface area contributed by atoms with E-state index >= 15 is 0 Å². The van der Waals surface area contributed by atoms with Crippen molar-refractivity contribution >= 4 is 45.8 Å². The maximum absolute atomic E-state index is 12.0. The Morgan fingerprint density at radius 2 is 2.10 bits per heavy atom. The number of hydrogen-bond donors (Lipinski definition) is 0. The van der Waals surface area contributed by atoms with Crippen molar-refractivity contribution in [3.8, 4) is 0 Å². The van der Waals surface area contributed by atoms with Gasteiger partial charge in [-0.3, -0.25) is 14.6 Å². The number of rotatable bonds is 8. The van der Waals surface area contributed by atoms with Gasteiger partial charge >= 0.3 is 0 Å². The molecule has 0 aliphatic heterocycles. The van der Waals surface area contributed by atoms with Gasteiger partial charge in [-0.05, 0) is 47.3 Å². The van der Waals surface area contributed by atoms with Crippen LogP contribution >= 0.6 is 27.5 Å². The highest BCUT2D eigenvalue weighted by Crippen LogP contribution is 2.19. The predicted molar refractivity (Wildman–Crippen MR) is 88.0 cm³/mol. The lowest BCUT2D eigenvalue weighted by Crippen LogP contribution is -2.06. The standard InChI is InChI=1S/C15H14BrClN2O2/c1-3-5-11(18-2)12(20)6-4-7-13(21)15-10(17)8-9-14(16)19-15/h3,5,8-9H,1-2,4,6-7H2/b11-5-. The lowest BCUT2D eigenvalue weighted by molar-refractivity contribution is -0.115. The maximum atomic E-state index is 12.0. The molecule has 0 aromatic carbocycles. The number of aliphatic imine (C=N–C) groups is 1. The van der Waals surface area contributed by atoms with Crippen molar-refractivity contribution in [2.45, 2.75) is 19.3 Å². The summed E-state index contributed by atoms with van der Waals surface area (Å²) in [5.74, 6) is -0.374. The zero-order valence-corrected chi connectivity index (χ0v) is 13.7. The molecular weight excluding hydrogens is 356 g/mol. The third kappa shape index (κ3) is 5.36. The van der Waals surface area contributed by atoms with Gasteiger partial charge in [0.1, 0.15) is 16.0 Å². The largest absolute Gasteiger partial charge is 0.292 e. The third-order valence-electron chi connectivity index (χ3n) is 2.62. The number of allylic oxidation sites excluding steroid dienone is 3. The molecule has 1 rings (SSSR count). The Kier molecular flexibility index (Phi) is 7.19. The summed E-state index contributed by atoms with van der Waals surface area (Å²) >= 11 is 9.12. The van der Waals surface area contributed by atoms with E-state index in [4.69, 9.17) is 11.6 Å². The molecule has 1 heterocycles. The first-order chi connectivity index (χ1) is 9.99. The third-order valence-corrected chi connectivity index (χ3v) is 3.36. The van der Waals surface area contributed by atoms with Gasteiger partial charge in [0.25, 0.3) is 0 Å². The highest BCUT2D eigenvalue weighted by Gasteiger charge is 2.14. The predicted octanol–water partition coefficient (Wildman–Crippen LogP) is 4.19. The number of aromatic nitrogens is 1. The summed E-state index contributed by atoms with van der Waals surface area (Å²) in [7, 11) is 0. The van der Waals surface area contributed by atoms with E-state index in [1.165, 1.54) is 12.2 Å². The molecule has 0 atom stereocenters. The molecule has 0 N–H and O–H groups in total. The van der Waals surface area contributed by atoms with E-state index in [9.17, 15) is 9.59 Å². The maximum Gasteiger partial charge on any atom is 0.182 e. The van der Waals surface area contributed by atoms with Crippen LogP contribution in [-0.4, -0.2) is 23.3 Å². The number of halogens is 2. The monoisotopic (exact) mass is 368 g/mol. The topological polar surface area (TPSA) is 59.4 Å². The normalized spacial score (nSPS) is 11.0. The average molecular weight is 370 g/mol. The van der Waals surface area contributed by atoms with Crippen molar-refractivity contribution in [3.63, 3.8) is 0 Å². The Hall–Kier alpha value is -1.59. The van der Waals surface area contributed by atoms with Crippen LogP contribution in [0, 0.1) is 0 Å². The number of ketones is 2. The van der Waals surface area contributed by atoms with Crippen molar-refractivity contribution in [2.75, 3.05) is 0 Å². The van der Waals surface area contributed by atoms with Crippen molar-refractivity contribution in [3.05, 3.63) is 51.9 Å². The van der Waals surface area contributed by atoms with E-state index in [1.54, 1.807) is 12.1 Å². The molecule has 1 aromatic rings. The van der Waals surface area contributed by atoms with Gasteiger partial charge in [0.2, 0.25) is 0 Å². The van der Waals surface area contributed by atoms with Crippen molar-refractivity contribution in [1.29, 1.82) is 0 Å². The first-order valence-corrected chi connectivity index (χ1v) is 7.34. The molecule has 0 saturated carbocycles. The summed E-state index contributed by atoms with van der Waals surface area (Å²) in [6.07, 6.45) is 3.75. The van der Waals surface area contributed by atoms with Crippen LogP contribution in [0.15, 0.2) is 46.2 Å². The van der Waals surface area contributed by atoms with Crippen LogP contribution in [0.3, 0.4) is 0 Å². The Balaban J connectivity index is 2.60. The number of Topliss-reactive ketones (excluding diaryl/α,β-unsaturated/α-hetero) is 2. The van der Waals surface area contributed by atoms with Crippen molar-refractivity contribution in [2.24, 2.45) is 4.99 Å². The number of hydrogen-bond acceptors (Lipinski definition) is 4. The Bertz CT molecular complexity index is 612. The minimum atomic E-state index is -0.199. The number of carbonyl (C=O) groups is 2. The molecular formula is C15H14BrClN2O2. The molecule has 0 spiro atoms. The Labute approximate surface area is 136 Å². The van der Waals surface area contributed by atoms with Crippen LogP contribution in [-0.2, 0) is 4.79 Å². The molecule has 1 aromatic heterocycles. The van der Waals surface area contributed by atoms with Gasteiger partial charge in [0.15, 0.2) is 11.6 Å². The van der Waals surface area contributed by atoms with E-state index in [1.807, 2.05) is 0 Å².